The highest BCUT2D eigenvalue weighted by molar-refractivity contribution is 5.75. The van der Waals surface area contributed by atoms with E-state index < -0.39 is 0 Å². The van der Waals surface area contributed by atoms with Crippen LogP contribution in [-0.2, 0) is 11.2 Å². The minimum atomic E-state index is -0.225. The van der Waals surface area contributed by atoms with Crippen molar-refractivity contribution in [3.05, 3.63) is 34.9 Å². The minimum absolute atomic E-state index is 0.118. The first-order chi connectivity index (χ1) is 12.6. The number of benzene rings is 1. The van der Waals surface area contributed by atoms with Gasteiger partial charge in [0.2, 0.25) is 0 Å². The maximum atomic E-state index is 12.5. The van der Waals surface area contributed by atoms with Gasteiger partial charge in [0.05, 0.1) is 6.54 Å². The highest BCUT2D eigenvalue weighted by Crippen LogP contribution is 2.42. The first-order valence-corrected chi connectivity index (χ1v) is 10.0. The van der Waals surface area contributed by atoms with Crippen molar-refractivity contribution < 1.29 is 14.6 Å². The Kier molecular flexibility index (Phi) is 6.36. The Morgan fingerprint density at radius 2 is 2.00 bits per heavy atom. The van der Waals surface area contributed by atoms with Gasteiger partial charge in [-0.3, -0.25) is 9.69 Å². The number of likely N-dealkylation sites (tertiary alicyclic amines) is 1. The number of piperidine rings is 1. The zero-order valence-corrected chi connectivity index (χ0v) is 16.1. The van der Waals surface area contributed by atoms with E-state index >= 15 is 0 Å². The number of aryl methyl sites for hydroxylation is 1. The van der Waals surface area contributed by atoms with E-state index in [4.69, 9.17) is 4.74 Å². The van der Waals surface area contributed by atoms with E-state index in [1.165, 1.54) is 12.0 Å². The molecule has 1 aromatic carbocycles. The molecule has 1 aliphatic carbocycles. The van der Waals surface area contributed by atoms with Crippen LogP contribution < -0.4 is 4.74 Å². The van der Waals surface area contributed by atoms with Crippen molar-refractivity contribution in [1.82, 2.24) is 4.90 Å². The van der Waals surface area contributed by atoms with Crippen molar-refractivity contribution in [2.45, 2.75) is 64.7 Å². The third kappa shape index (κ3) is 4.67. The Labute approximate surface area is 156 Å². The molecule has 0 bridgehead atoms. The van der Waals surface area contributed by atoms with Gasteiger partial charge in [0.25, 0.3) is 0 Å². The van der Waals surface area contributed by atoms with Gasteiger partial charge in [-0.05, 0) is 76.2 Å². The summed E-state index contributed by atoms with van der Waals surface area (Å²) in [4.78, 5) is 14.7. The molecule has 142 valence electrons. The standard InChI is InChI=1S/C22H31NO3/c1-3-17-13-19(24)22(18-9-7-8-16(2)12-18)20(14-17)26-21(25)15-23-10-5-4-6-11-23/h12-14,18,24H,3-11,15H2,1-2H3. The van der Waals surface area contributed by atoms with Gasteiger partial charge in [-0.25, -0.2) is 0 Å². The Morgan fingerprint density at radius 1 is 1.23 bits per heavy atom. The number of carbonyl (C=O) groups is 1. The van der Waals surface area contributed by atoms with Gasteiger partial charge in [0.15, 0.2) is 0 Å². The molecule has 1 fully saturated rings. The smallest absolute Gasteiger partial charge is 0.325 e. The highest BCUT2D eigenvalue weighted by atomic mass is 16.5. The van der Waals surface area contributed by atoms with Gasteiger partial charge in [0, 0.05) is 11.5 Å². The van der Waals surface area contributed by atoms with Crippen LogP contribution in [0.1, 0.15) is 69.4 Å². The first-order valence-electron chi connectivity index (χ1n) is 10.0. The van der Waals surface area contributed by atoms with Crippen LogP contribution in [-0.4, -0.2) is 35.6 Å². The summed E-state index contributed by atoms with van der Waals surface area (Å²) in [5.74, 6) is 0.686. The molecule has 0 aromatic heterocycles. The zero-order chi connectivity index (χ0) is 18.5. The molecule has 26 heavy (non-hydrogen) atoms. The van der Waals surface area contributed by atoms with Crippen molar-refractivity contribution >= 4 is 5.97 Å². The van der Waals surface area contributed by atoms with Gasteiger partial charge in [-0.1, -0.05) is 25.0 Å². The summed E-state index contributed by atoms with van der Waals surface area (Å²) in [5, 5.41) is 10.6. The summed E-state index contributed by atoms with van der Waals surface area (Å²) in [6.07, 6.45) is 9.74. The molecule has 1 atom stereocenters. The molecule has 0 amide bonds. The van der Waals surface area contributed by atoms with Crippen LogP contribution in [0, 0.1) is 0 Å². The van der Waals surface area contributed by atoms with Crippen LogP contribution in [0.15, 0.2) is 23.8 Å². The average molecular weight is 357 g/mol. The van der Waals surface area contributed by atoms with Crippen molar-refractivity contribution in [2.24, 2.45) is 0 Å². The van der Waals surface area contributed by atoms with Gasteiger partial charge in [-0.15, -0.1) is 0 Å². The zero-order valence-electron chi connectivity index (χ0n) is 16.1. The Bertz CT molecular complexity index is 674. The molecule has 1 saturated heterocycles. The summed E-state index contributed by atoms with van der Waals surface area (Å²) >= 11 is 0. The van der Waals surface area contributed by atoms with Crippen molar-refractivity contribution in [1.29, 1.82) is 0 Å². The largest absolute Gasteiger partial charge is 0.507 e. The van der Waals surface area contributed by atoms with Crippen LogP contribution in [0.4, 0.5) is 0 Å². The summed E-state index contributed by atoms with van der Waals surface area (Å²) in [6, 6.07) is 3.75. The van der Waals surface area contributed by atoms with Crippen molar-refractivity contribution in [3.63, 3.8) is 0 Å². The minimum Gasteiger partial charge on any atom is -0.507 e. The monoisotopic (exact) mass is 357 g/mol. The van der Waals surface area contributed by atoms with E-state index in [0.29, 0.717) is 12.3 Å². The normalized spacial score (nSPS) is 21.3. The fraction of sp³-hybridized carbons (Fsp3) is 0.591. The number of aromatic hydroxyl groups is 1. The van der Waals surface area contributed by atoms with Gasteiger partial charge < -0.3 is 9.84 Å². The predicted octanol–water partition coefficient (Wildman–Crippen LogP) is 4.56. The molecule has 0 spiro atoms. The molecule has 1 N–H and O–H groups in total. The Morgan fingerprint density at radius 3 is 2.69 bits per heavy atom. The molecule has 2 aliphatic rings. The maximum Gasteiger partial charge on any atom is 0.325 e. The lowest BCUT2D eigenvalue weighted by Gasteiger charge is -2.26. The lowest BCUT2D eigenvalue weighted by molar-refractivity contribution is -0.135. The number of esters is 1. The third-order valence-corrected chi connectivity index (χ3v) is 5.56. The van der Waals surface area contributed by atoms with E-state index in [1.807, 2.05) is 19.1 Å². The molecule has 3 rings (SSSR count). The number of carbonyl (C=O) groups excluding carboxylic acids is 1. The van der Waals surface area contributed by atoms with Crippen molar-refractivity contribution in [3.8, 4) is 11.5 Å². The number of nitrogens with zero attached hydrogens (tertiary/aromatic N) is 1. The molecular formula is C22H31NO3. The molecule has 0 radical (unpaired) electrons. The SMILES string of the molecule is CCc1cc(O)c(C2C=C(C)CCC2)c(OC(=O)CN2CCCCC2)c1. The van der Waals surface area contributed by atoms with Crippen molar-refractivity contribution in [2.75, 3.05) is 19.6 Å². The van der Waals surface area contributed by atoms with Gasteiger partial charge in [0.1, 0.15) is 11.5 Å². The number of allylic oxidation sites excluding steroid dienone is 2. The molecule has 1 unspecified atom stereocenters. The number of hydrogen-bond donors (Lipinski definition) is 1. The fourth-order valence-corrected chi connectivity index (χ4v) is 4.12. The van der Waals surface area contributed by atoms with E-state index in [1.54, 1.807) is 0 Å². The first kappa shape index (κ1) is 19.0. The quantitative estimate of drug-likeness (QED) is 0.477. The predicted molar refractivity (Wildman–Crippen MR) is 104 cm³/mol. The van der Waals surface area contributed by atoms with Crippen LogP contribution >= 0.6 is 0 Å². The molecular weight excluding hydrogens is 326 g/mol. The van der Waals surface area contributed by atoms with Crippen LogP contribution in [0.3, 0.4) is 0 Å². The molecule has 1 aromatic rings. The highest BCUT2D eigenvalue weighted by Gasteiger charge is 2.24. The van der Waals surface area contributed by atoms with Gasteiger partial charge in [-0.2, -0.15) is 0 Å². The number of ether oxygens (including phenoxy) is 1. The second kappa shape index (κ2) is 8.72. The van der Waals surface area contributed by atoms with Crippen LogP contribution in [0.5, 0.6) is 11.5 Å². The second-order valence-electron chi connectivity index (χ2n) is 7.70. The topological polar surface area (TPSA) is 49.8 Å². The van der Waals surface area contributed by atoms with Crippen LogP contribution in [0.2, 0.25) is 0 Å². The summed E-state index contributed by atoms with van der Waals surface area (Å²) in [6.45, 7) is 6.43. The fourth-order valence-electron chi connectivity index (χ4n) is 4.12. The molecule has 4 heteroatoms. The lowest BCUT2D eigenvalue weighted by atomic mass is 9.84. The molecule has 1 aliphatic heterocycles. The molecule has 4 nitrogen and oxygen atoms in total. The maximum absolute atomic E-state index is 12.5. The molecule has 1 heterocycles. The molecule has 0 saturated carbocycles. The Balaban J connectivity index is 1.82. The number of hydrogen-bond acceptors (Lipinski definition) is 4. The third-order valence-electron chi connectivity index (χ3n) is 5.56. The van der Waals surface area contributed by atoms with E-state index in [-0.39, 0.29) is 17.6 Å². The number of phenols is 1. The number of phenolic OH excluding ortho intramolecular Hbond substituents is 1. The van der Waals surface area contributed by atoms with E-state index in [9.17, 15) is 9.90 Å². The number of rotatable bonds is 5. The Hall–Kier alpha value is -1.81. The summed E-state index contributed by atoms with van der Waals surface area (Å²) < 4.78 is 5.79. The lowest BCUT2D eigenvalue weighted by Crippen LogP contribution is -2.36. The summed E-state index contributed by atoms with van der Waals surface area (Å²) in [5.41, 5.74) is 3.10. The van der Waals surface area contributed by atoms with E-state index in [0.717, 1.165) is 62.7 Å². The average Bonchev–Trinajstić information content (AvgIpc) is 2.62. The summed E-state index contributed by atoms with van der Waals surface area (Å²) in [7, 11) is 0. The second-order valence-corrected chi connectivity index (χ2v) is 7.70. The van der Waals surface area contributed by atoms with Crippen LogP contribution in [0.25, 0.3) is 0 Å². The van der Waals surface area contributed by atoms with Gasteiger partial charge >= 0.3 is 5.97 Å². The van der Waals surface area contributed by atoms with E-state index in [2.05, 4.69) is 17.9 Å².